The quantitative estimate of drug-likeness (QED) is 0.516. The smallest absolute Gasteiger partial charge is 0.412 e. The number of halogens is 18. The summed E-state index contributed by atoms with van der Waals surface area (Å²) >= 11 is 0. The van der Waals surface area contributed by atoms with Crippen LogP contribution in [-0.4, -0.2) is 53.4 Å². The van der Waals surface area contributed by atoms with E-state index in [9.17, 15) is 79.0 Å². The standard InChI is InChI=1S/C8F18.H2O/c9-1(10,3(13,14)5(17,18)7(21,22)23)2(11,12)4(15,16)6(19,20)8(24,25)26;/h;1H2. The second kappa shape index (κ2) is 6.36. The van der Waals surface area contributed by atoms with Crippen LogP contribution in [0.25, 0.3) is 0 Å². The first-order valence-corrected chi connectivity index (χ1v) is 5.15. The van der Waals surface area contributed by atoms with E-state index in [1.165, 1.54) is 0 Å². The zero-order valence-corrected chi connectivity index (χ0v) is 11.3. The summed E-state index contributed by atoms with van der Waals surface area (Å²) in [5.41, 5.74) is 0. The molecular formula is C8H2F18O. The van der Waals surface area contributed by atoms with Crippen LogP contribution >= 0.6 is 0 Å². The molecule has 0 aromatic carbocycles. The molecule has 0 fully saturated rings. The fourth-order valence-corrected chi connectivity index (χ4v) is 1.14. The van der Waals surface area contributed by atoms with Gasteiger partial charge in [0, 0.05) is 0 Å². The molecule has 0 amide bonds. The minimum Gasteiger partial charge on any atom is -0.412 e. The summed E-state index contributed by atoms with van der Waals surface area (Å²) in [6, 6.07) is 0. The lowest BCUT2D eigenvalue weighted by molar-refractivity contribution is -0.468. The van der Waals surface area contributed by atoms with Crippen molar-refractivity contribution in [2.75, 3.05) is 0 Å². The van der Waals surface area contributed by atoms with E-state index in [-0.39, 0.29) is 5.48 Å². The molecule has 0 heterocycles. The van der Waals surface area contributed by atoms with E-state index in [0.717, 1.165) is 0 Å². The van der Waals surface area contributed by atoms with Crippen LogP contribution in [0.4, 0.5) is 79.0 Å². The lowest BCUT2D eigenvalue weighted by atomic mass is 9.91. The Bertz CT molecular complexity index is 474. The number of hydrogen-bond donors (Lipinski definition) is 0. The Kier molecular flexibility index (Phi) is 6.58. The molecule has 0 atom stereocenters. The average molecular weight is 456 g/mol. The predicted molar refractivity (Wildman–Crippen MR) is 45.4 cm³/mol. The van der Waals surface area contributed by atoms with Crippen molar-refractivity contribution >= 4 is 0 Å². The zero-order valence-electron chi connectivity index (χ0n) is 11.3. The Morgan fingerprint density at radius 1 is 0.222 bits per heavy atom. The molecule has 1 nitrogen and oxygen atoms in total. The van der Waals surface area contributed by atoms with Gasteiger partial charge in [0.25, 0.3) is 0 Å². The summed E-state index contributed by atoms with van der Waals surface area (Å²) in [5, 5.41) is 0. The van der Waals surface area contributed by atoms with Crippen molar-refractivity contribution in [2.45, 2.75) is 47.9 Å². The van der Waals surface area contributed by atoms with E-state index in [4.69, 9.17) is 0 Å². The number of rotatable bonds is 5. The van der Waals surface area contributed by atoms with Gasteiger partial charge in [-0.2, -0.15) is 79.0 Å². The van der Waals surface area contributed by atoms with Crippen LogP contribution < -0.4 is 0 Å². The van der Waals surface area contributed by atoms with E-state index in [2.05, 4.69) is 0 Å². The molecule has 0 rings (SSSR count). The van der Waals surface area contributed by atoms with Gasteiger partial charge in [-0.3, -0.25) is 0 Å². The SMILES string of the molecule is FC(F)(F)C(F)(F)C(F)(F)C(F)(F)C(F)(F)C(F)(F)C(F)(F)C(F)(F)F.O. The molecule has 0 aliphatic carbocycles. The highest BCUT2D eigenvalue weighted by Gasteiger charge is 2.95. The molecule has 0 aliphatic rings. The zero-order chi connectivity index (χ0) is 22.0. The minimum atomic E-state index is -8.72. The predicted octanol–water partition coefficient (Wildman–Crippen LogP) is 5.10. The van der Waals surface area contributed by atoms with E-state index in [1.54, 1.807) is 0 Å². The van der Waals surface area contributed by atoms with Crippen molar-refractivity contribution in [1.29, 1.82) is 0 Å². The lowest BCUT2D eigenvalue weighted by Crippen LogP contribution is -2.74. The van der Waals surface area contributed by atoms with Gasteiger partial charge < -0.3 is 5.48 Å². The van der Waals surface area contributed by atoms with Gasteiger partial charge in [-0.15, -0.1) is 0 Å². The van der Waals surface area contributed by atoms with Crippen LogP contribution in [-0.2, 0) is 0 Å². The van der Waals surface area contributed by atoms with Crippen molar-refractivity contribution in [3.63, 3.8) is 0 Å². The fourth-order valence-electron chi connectivity index (χ4n) is 1.14. The number of hydrogen-bond acceptors (Lipinski definition) is 0. The number of alkyl halides is 18. The van der Waals surface area contributed by atoms with Gasteiger partial charge >= 0.3 is 47.9 Å². The summed E-state index contributed by atoms with van der Waals surface area (Å²) in [6.07, 6.45) is -15.6. The van der Waals surface area contributed by atoms with E-state index in [0.29, 0.717) is 0 Å². The molecule has 0 saturated heterocycles. The maximum atomic E-state index is 12.8. The third-order valence-corrected chi connectivity index (χ3v) is 2.68. The molecule has 19 heteroatoms. The largest absolute Gasteiger partial charge is 0.460 e. The maximum absolute atomic E-state index is 12.8. The van der Waals surface area contributed by atoms with Crippen LogP contribution in [0.15, 0.2) is 0 Å². The Balaban J connectivity index is 0. The van der Waals surface area contributed by atoms with Gasteiger partial charge in [-0.05, 0) is 0 Å². The summed E-state index contributed by atoms with van der Waals surface area (Å²) < 4.78 is 221. The molecule has 27 heavy (non-hydrogen) atoms. The summed E-state index contributed by atoms with van der Waals surface area (Å²) in [6.45, 7) is 0. The second-order valence-corrected chi connectivity index (χ2v) is 4.44. The van der Waals surface area contributed by atoms with Crippen LogP contribution in [0.3, 0.4) is 0 Å². The molecule has 0 unspecified atom stereocenters. The molecule has 2 N–H and O–H groups in total. The molecule has 0 bridgehead atoms. The van der Waals surface area contributed by atoms with Crippen molar-refractivity contribution in [3.05, 3.63) is 0 Å². The van der Waals surface area contributed by atoms with Crippen molar-refractivity contribution < 1.29 is 84.5 Å². The molecule has 0 aliphatic heterocycles. The Hall–Kier alpha value is -1.30. The van der Waals surface area contributed by atoms with E-state index >= 15 is 0 Å². The van der Waals surface area contributed by atoms with Gasteiger partial charge in [-0.25, -0.2) is 0 Å². The first kappa shape index (κ1) is 27.9. The van der Waals surface area contributed by atoms with E-state index in [1.807, 2.05) is 0 Å². The molecular weight excluding hydrogens is 454 g/mol. The Morgan fingerprint density at radius 2 is 0.333 bits per heavy atom. The Labute approximate surface area is 134 Å². The Morgan fingerprint density at radius 3 is 0.444 bits per heavy atom. The monoisotopic (exact) mass is 456 g/mol. The van der Waals surface area contributed by atoms with Crippen LogP contribution in [0.1, 0.15) is 0 Å². The van der Waals surface area contributed by atoms with Gasteiger partial charge in [-0.1, -0.05) is 0 Å². The van der Waals surface area contributed by atoms with Crippen LogP contribution in [0, 0.1) is 0 Å². The average Bonchev–Trinajstić information content (AvgIpc) is 2.34. The van der Waals surface area contributed by atoms with Gasteiger partial charge in [0.1, 0.15) is 0 Å². The minimum absolute atomic E-state index is 0. The van der Waals surface area contributed by atoms with Crippen LogP contribution in [0.2, 0.25) is 0 Å². The third kappa shape index (κ3) is 3.34. The van der Waals surface area contributed by atoms with Crippen LogP contribution in [0.5, 0.6) is 0 Å². The van der Waals surface area contributed by atoms with Crippen molar-refractivity contribution in [1.82, 2.24) is 0 Å². The third-order valence-electron chi connectivity index (χ3n) is 2.68. The molecule has 0 aromatic rings. The normalized spacial score (nSPS) is 16.2. The van der Waals surface area contributed by atoms with Gasteiger partial charge in [0.2, 0.25) is 0 Å². The molecule has 0 radical (unpaired) electrons. The van der Waals surface area contributed by atoms with Gasteiger partial charge in [0.15, 0.2) is 0 Å². The molecule has 0 spiro atoms. The van der Waals surface area contributed by atoms with Crippen molar-refractivity contribution in [2.24, 2.45) is 0 Å². The molecule has 166 valence electrons. The first-order valence-electron chi connectivity index (χ1n) is 5.15. The molecule has 0 aromatic heterocycles. The van der Waals surface area contributed by atoms with E-state index < -0.39 is 47.9 Å². The van der Waals surface area contributed by atoms with Crippen molar-refractivity contribution in [3.8, 4) is 0 Å². The molecule has 0 saturated carbocycles. The van der Waals surface area contributed by atoms with Gasteiger partial charge in [0.05, 0.1) is 0 Å². The second-order valence-electron chi connectivity index (χ2n) is 4.44. The summed E-state index contributed by atoms with van der Waals surface area (Å²) in [5.74, 6) is -51.0. The highest BCUT2D eigenvalue weighted by atomic mass is 19.4. The maximum Gasteiger partial charge on any atom is 0.460 e. The summed E-state index contributed by atoms with van der Waals surface area (Å²) in [7, 11) is 0. The first-order chi connectivity index (χ1) is 10.8. The topological polar surface area (TPSA) is 31.5 Å². The summed E-state index contributed by atoms with van der Waals surface area (Å²) in [4.78, 5) is 0. The highest BCUT2D eigenvalue weighted by molar-refractivity contribution is 5.14. The fraction of sp³-hybridized carbons (Fsp3) is 1.00. The lowest BCUT2D eigenvalue weighted by Gasteiger charge is -2.41. The highest BCUT2D eigenvalue weighted by Crippen LogP contribution is 2.63.